The lowest BCUT2D eigenvalue weighted by Crippen LogP contribution is -2.48. The van der Waals surface area contributed by atoms with Gasteiger partial charge in [0.05, 0.1) is 6.54 Å². The molecule has 0 aliphatic rings. The van der Waals surface area contributed by atoms with Gasteiger partial charge in [0, 0.05) is 25.6 Å². The van der Waals surface area contributed by atoms with E-state index in [1.165, 1.54) is 0 Å². The van der Waals surface area contributed by atoms with Crippen molar-refractivity contribution in [1.82, 2.24) is 26.1 Å². The van der Waals surface area contributed by atoms with Crippen LogP contribution in [-0.2, 0) is 11.2 Å². The van der Waals surface area contributed by atoms with Gasteiger partial charge in [-0.1, -0.05) is 5.16 Å². The molecule has 0 fully saturated rings. The molecule has 3 N–H and O–H groups in total. The lowest BCUT2D eigenvalue weighted by Gasteiger charge is -2.21. The minimum absolute atomic E-state index is 0. The van der Waals surface area contributed by atoms with Crippen LogP contribution in [0.3, 0.4) is 0 Å². The molecule has 1 rings (SSSR count). The van der Waals surface area contributed by atoms with E-state index in [0.717, 1.165) is 0 Å². The summed E-state index contributed by atoms with van der Waals surface area (Å²) in [5, 5.41) is 12.6. The van der Waals surface area contributed by atoms with Crippen molar-refractivity contribution in [1.29, 1.82) is 0 Å². The molecule has 126 valence electrons. The van der Waals surface area contributed by atoms with E-state index in [9.17, 15) is 4.79 Å². The molecule has 0 unspecified atom stereocenters. The highest BCUT2D eigenvalue weighted by Gasteiger charge is 2.13. The maximum atomic E-state index is 11.7. The lowest BCUT2D eigenvalue weighted by molar-refractivity contribution is -0.121. The number of aryl methyl sites for hydroxylation is 1. The van der Waals surface area contributed by atoms with Gasteiger partial charge in [-0.2, -0.15) is 4.98 Å². The number of nitrogens with zero attached hydrogens (tertiary/aromatic N) is 3. The highest BCUT2D eigenvalue weighted by molar-refractivity contribution is 14.0. The van der Waals surface area contributed by atoms with Crippen LogP contribution in [0.15, 0.2) is 9.52 Å². The van der Waals surface area contributed by atoms with Crippen LogP contribution in [0.4, 0.5) is 0 Å². The van der Waals surface area contributed by atoms with E-state index in [-0.39, 0.29) is 42.0 Å². The summed E-state index contributed by atoms with van der Waals surface area (Å²) >= 11 is 0. The quantitative estimate of drug-likeness (QED) is 0.364. The van der Waals surface area contributed by atoms with Crippen molar-refractivity contribution in [3.05, 3.63) is 11.7 Å². The van der Waals surface area contributed by atoms with E-state index in [1.807, 2.05) is 20.8 Å². The molecule has 0 spiro atoms. The normalized spacial score (nSPS) is 11.6. The zero-order valence-electron chi connectivity index (χ0n) is 13.7. The topological polar surface area (TPSA) is 104 Å². The predicted octanol–water partition coefficient (Wildman–Crippen LogP) is 0.618. The van der Waals surface area contributed by atoms with Gasteiger partial charge >= 0.3 is 0 Å². The monoisotopic (exact) mass is 424 g/mol. The summed E-state index contributed by atoms with van der Waals surface area (Å²) in [5.74, 6) is 1.65. The van der Waals surface area contributed by atoms with E-state index in [0.29, 0.717) is 30.6 Å². The Kier molecular flexibility index (Phi) is 8.99. The Hall–Kier alpha value is -1.39. The van der Waals surface area contributed by atoms with Crippen LogP contribution >= 0.6 is 24.0 Å². The number of carbonyl (C=O) groups excluding carboxylic acids is 1. The van der Waals surface area contributed by atoms with Crippen LogP contribution in [0.2, 0.25) is 0 Å². The van der Waals surface area contributed by atoms with Gasteiger partial charge in [0.15, 0.2) is 11.8 Å². The van der Waals surface area contributed by atoms with Crippen molar-refractivity contribution < 1.29 is 9.32 Å². The average molecular weight is 424 g/mol. The van der Waals surface area contributed by atoms with Crippen molar-refractivity contribution >= 4 is 35.8 Å². The Bertz CT molecular complexity index is 495. The predicted molar refractivity (Wildman–Crippen MR) is 95.4 cm³/mol. The molecule has 1 heterocycles. The van der Waals surface area contributed by atoms with Crippen molar-refractivity contribution in [2.75, 3.05) is 20.1 Å². The lowest BCUT2D eigenvalue weighted by atomic mass is 10.1. The van der Waals surface area contributed by atoms with Crippen LogP contribution in [0.25, 0.3) is 0 Å². The maximum Gasteiger partial charge on any atom is 0.239 e. The van der Waals surface area contributed by atoms with Crippen molar-refractivity contribution in [3.8, 4) is 0 Å². The number of nitrogens with one attached hydrogen (secondary N) is 3. The first-order chi connectivity index (χ1) is 9.80. The van der Waals surface area contributed by atoms with Crippen LogP contribution in [0, 0.1) is 6.92 Å². The van der Waals surface area contributed by atoms with E-state index in [4.69, 9.17) is 4.52 Å². The fourth-order valence-corrected chi connectivity index (χ4v) is 1.58. The fourth-order valence-electron chi connectivity index (χ4n) is 1.58. The summed E-state index contributed by atoms with van der Waals surface area (Å²) in [6.07, 6.45) is 0.593. The number of carbonyl (C=O) groups is 1. The minimum atomic E-state index is -0.245. The molecule has 1 aromatic rings. The van der Waals surface area contributed by atoms with Gasteiger partial charge < -0.3 is 20.5 Å². The first-order valence-corrected chi connectivity index (χ1v) is 6.85. The Morgan fingerprint density at radius 3 is 2.50 bits per heavy atom. The van der Waals surface area contributed by atoms with Crippen molar-refractivity contribution in [3.63, 3.8) is 0 Å². The van der Waals surface area contributed by atoms with Gasteiger partial charge in [0.2, 0.25) is 11.8 Å². The minimum Gasteiger partial charge on any atom is -0.356 e. The number of aromatic nitrogens is 2. The van der Waals surface area contributed by atoms with Crippen LogP contribution in [0.5, 0.6) is 0 Å². The van der Waals surface area contributed by atoms with Gasteiger partial charge in [-0.15, -0.1) is 24.0 Å². The number of halogens is 1. The molecule has 0 saturated heterocycles. The molecule has 8 nitrogen and oxygen atoms in total. The van der Waals surface area contributed by atoms with Crippen molar-refractivity contribution in [2.24, 2.45) is 4.99 Å². The third-order valence-electron chi connectivity index (χ3n) is 2.36. The Morgan fingerprint density at radius 2 is 2.00 bits per heavy atom. The highest BCUT2D eigenvalue weighted by Crippen LogP contribution is 1.97. The van der Waals surface area contributed by atoms with E-state index in [1.54, 1.807) is 14.0 Å². The summed E-state index contributed by atoms with van der Waals surface area (Å²) < 4.78 is 5.01. The van der Waals surface area contributed by atoms with Gasteiger partial charge in [0.25, 0.3) is 0 Å². The fraction of sp³-hybridized carbons (Fsp3) is 0.692. The first kappa shape index (κ1) is 20.6. The molecule has 0 aliphatic carbocycles. The van der Waals surface area contributed by atoms with Gasteiger partial charge in [-0.3, -0.25) is 9.79 Å². The van der Waals surface area contributed by atoms with E-state index < -0.39 is 0 Å². The molecule has 22 heavy (non-hydrogen) atoms. The molecule has 9 heteroatoms. The number of rotatable bonds is 5. The number of guanidine groups is 1. The molecule has 0 radical (unpaired) electrons. The standard InChI is InChI=1S/C13H24N6O2.HI/c1-9-17-11(21-19-9)6-7-15-12(14-5)16-8-10(20)18-13(2,3)4;/h6-8H2,1-5H3,(H,18,20)(H2,14,15,16);1H. The Labute approximate surface area is 147 Å². The molecule has 0 saturated carbocycles. The third kappa shape index (κ3) is 8.80. The summed E-state index contributed by atoms with van der Waals surface area (Å²) in [7, 11) is 1.65. The van der Waals surface area contributed by atoms with Crippen molar-refractivity contribution in [2.45, 2.75) is 39.7 Å². The zero-order valence-corrected chi connectivity index (χ0v) is 16.0. The number of aliphatic imine (C=N–C) groups is 1. The summed E-state index contributed by atoms with van der Waals surface area (Å²) in [5.41, 5.74) is -0.245. The second-order valence-corrected chi connectivity index (χ2v) is 5.64. The number of amides is 1. The third-order valence-corrected chi connectivity index (χ3v) is 2.36. The summed E-state index contributed by atoms with van der Waals surface area (Å²) in [4.78, 5) is 19.8. The second kappa shape index (κ2) is 9.59. The second-order valence-electron chi connectivity index (χ2n) is 5.64. The first-order valence-electron chi connectivity index (χ1n) is 6.85. The smallest absolute Gasteiger partial charge is 0.239 e. The molecule has 0 atom stereocenters. The largest absolute Gasteiger partial charge is 0.356 e. The molecular weight excluding hydrogens is 399 g/mol. The zero-order chi connectivity index (χ0) is 15.9. The average Bonchev–Trinajstić information content (AvgIpc) is 2.77. The SMILES string of the molecule is CN=C(NCCc1nc(C)no1)NCC(=O)NC(C)(C)C.I. The number of hydrogen-bond donors (Lipinski definition) is 3. The van der Waals surface area contributed by atoms with Gasteiger partial charge in [-0.05, 0) is 27.7 Å². The Balaban J connectivity index is 0.00000441. The summed E-state index contributed by atoms with van der Waals surface area (Å²) in [6, 6.07) is 0. The van der Waals surface area contributed by atoms with Crippen LogP contribution in [-0.4, -0.2) is 47.7 Å². The maximum absolute atomic E-state index is 11.7. The molecular formula is C13H25IN6O2. The van der Waals surface area contributed by atoms with Crippen LogP contribution < -0.4 is 16.0 Å². The summed E-state index contributed by atoms with van der Waals surface area (Å²) in [6.45, 7) is 8.33. The van der Waals surface area contributed by atoms with Gasteiger partial charge in [-0.25, -0.2) is 0 Å². The van der Waals surface area contributed by atoms with Gasteiger partial charge in [0.1, 0.15) is 0 Å². The number of hydrogen-bond acceptors (Lipinski definition) is 5. The molecule has 0 aromatic carbocycles. The van der Waals surface area contributed by atoms with Crippen LogP contribution in [0.1, 0.15) is 32.5 Å². The molecule has 1 aromatic heterocycles. The molecule has 0 aliphatic heterocycles. The Morgan fingerprint density at radius 1 is 1.32 bits per heavy atom. The molecule has 0 bridgehead atoms. The van der Waals surface area contributed by atoms with E-state index in [2.05, 4.69) is 31.1 Å². The van der Waals surface area contributed by atoms with E-state index >= 15 is 0 Å². The highest BCUT2D eigenvalue weighted by atomic mass is 127. The molecule has 1 amide bonds.